The summed E-state index contributed by atoms with van der Waals surface area (Å²) in [4.78, 5) is 25.7. The first-order chi connectivity index (χ1) is 13.1. The Kier molecular flexibility index (Phi) is 8.35. The monoisotopic (exact) mass is 371 g/mol. The molecule has 0 saturated heterocycles. The maximum absolute atomic E-state index is 11.1. The molecule has 7 heteroatoms. The maximum atomic E-state index is 11.1. The lowest BCUT2D eigenvalue weighted by Gasteiger charge is -2.21. The Labute approximate surface area is 160 Å². The van der Waals surface area contributed by atoms with Gasteiger partial charge in [-0.05, 0) is 25.3 Å². The van der Waals surface area contributed by atoms with E-state index < -0.39 is 0 Å². The van der Waals surface area contributed by atoms with Crippen LogP contribution in [0.5, 0.6) is 0 Å². The predicted molar refractivity (Wildman–Crippen MR) is 107 cm³/mol. The van der Waals surface area contributed by atoms with Crippen molar-refractivity contribution in [2.45, 2.75) is 32.7 Å². The molecule has 7 nitrogen and oxygen atoms in total. The third-order valence-electron chi connectivity index (χ3n) is 4.07. The number of unbranched alkanes of at least 4 members (excludes halogenated alkanes) is 1. The summed E-state index contributed by atoms with van der Waals surface area (Å²) in [5, 5.41) is 3.29. The summed E-state index contributed by atoms with van der Waals surface area (Å²) in [5.41, 5.74) is 2.12. The van der Waals surface area contributed by atoms with Gasteiger partial charge in [-0.1, -0.05) is 30.3 Å². The molecule has 2 aromatic rings. The van der Waals surface area contributed by atoms with Gasteiger partial charge in [-0.25, -0.2) is 4.98 Å². The number of hydrogen-bond acceptors (Lipinski definition) is 4. The molecule has 2 rings (SSSR count). The highest BCUT2D eigenvalue weighted by Crippen LogP contribution is 2.16. The van der Waals surface area contributed by atoms with Crippen LogP contribution in [0.4, 0.5) is 0 Å². The van der Waals surface area contributed by atoms with E-state index >= 15 is 0 Å². The molecule has 0 spiro atoms. The Balaban J connectivity index is 1.90. The quantitative estimate of drug-likeness (QED) is 0.307. The van der Waals surface area contributed by atoms with E-state index in [9.17, 15) is 4.79 Å². The molecule has 0 atom stereocenters. The SMILES string of the molecule is CCNC(=NCCCCC(=O)OC)N(C)Cc1ncc(-c2ccccc2)[nH]1. The van der Waals surface area contributed by atoms with E-state index in [1.54, 1.807) is 0 Å². The number of aromatic nitrogens is 2. The second kappa shape index (κ2) is 11.0. The molecule has 0 fully saturated rings. The van der Waals surface area contributed by atoms with E-state index in [0.29, 0.717) is 19.5 Å². The molecule has 0 aliphatic carbocycles. The van der Waals surface area contributed by atoms with Crippen LogP contribution in [-0.4, -0.2) is 54.0 Å². The number of methoxy groups -OCH3 is 1. The van der Waals surface area contributed by atoms with Crippen molar-refractivity contribution in [1.29, 1.82) is 0 Å². The Morgan fingerprint density at radius 3 is 2.78 bits per heavy atom. The normalized spacial score (nSPS) is 11.3. The lowest BCUT2D eigenvalue weighted by Crippen LogP contribution is -2.38. The number of aromatic amines is 1. The standard InChI is InChI=1S/C20H29N5O2/c1-4-21-20(22-13-9-8-12-19(26)27-3)25(2)15-18-23-14-17(24-18)16-10-6-5-7-11-16/h5-7,10-11,14H,4,8-9,12-13,15H2,1-3H3,(H,21,22)(H,23,24). The number of guanidine groups is 1. The van der Waals surface area contributed by atoms with E-state index in [2.05, 4.69) is 37.1 Å². The first-order valence-electron chi connectivity index (χ1n) is 9.29. The van der Waals surface area contributed by atoms with Crippen molar-refractivity contribution in [3.05, 3.63) is 42.4 Å². The van der Waals surface area contributed by atoms with Gasteiger partial charge >= 0.3 is 5.97 Å². The summed E-state index contributed by atoms with van der Waals surface area (Å²) < 4.78 is 4.65. The molecule has 0 unspecified atom stereocenters. The Morgan fingerprint density at radius 2 is 2.07 bits per heavy atom. The van der Waals surface area contributed by atoms with Gasteiger partial charge in [0, 0.05) is 26.6 Å². The van der Waals surface area contributed by atoms with Crippen LogP contribution in [0.15, 0.2) is 41.5 Å². The number of carbonyl (C=O) groups excluding carboxylic acids is 1. The van der Waals surface area contributed by atoms with Crippen molar-refractivity contribution in [3.63, 3.8) is 0 Å². The van der Waals surface area contributed by atoms with Crippen LogP contribution in [0.1, 0.15) is 32.0 Å². The van der Waals surface area contributed by atoms with Crippen LogP contribution in [-0.2, 0) is 16.1 Å². The van der Waals surface area contributed by atoms with Crippen molar-refractivity contribution < 1.29 is 9.53 Å². The van der Waals surface area contributed by atoms with E-state index in [0.717, 1.165) is 42.4 Å². The number of benzene rings is 1. The minimum absolute atomic E-state index is 0.171. The fraction of sp³-hybridized carbons (Fsp3) is 0.450. The number of nitrogens with zero attached hydrogens (tertiary/aromatic N) is 3. The van der Waals surface area contributed by atoms with Crippen molar-refractivity contribution in [3.8, 4) is 11.3 Å². The number of aliphatic imine (C=N–C) groups is 1. The molecule has 1 aromatic carbocycles. The molecular weight excluding hydrogens is 342 g/mol. The summed E-state index contributed by atoms with van der Waals surface area (Å²) in [6, 6.07) is 10.1. The highest BCUT2D eigenvalue weighted by molar-refractivity contribution is 5.79. The van der Waals surface area contributed by atoms with Crippen LogP contribution in [0, 0.1) is 0 Å². The van der Waals surface area contributed by atoms with Gasteiger partial charge in [-0.2, -0.15) is 0 Å². The average Bonchev–Trinajstić information content (AvgIpc) is 3.15. The Hall–Kier alpha value is -2.83. The molecule has 0 aliphatic rings. The van der Waals surface area contributed by atoms with Gasteiger partial charge in [0.05, 0.1) is 25.5 Å². The first-order valence-corrected chi connectivity index (χ1v) is 9.29. The molecule has 0 radical (unpaired) electrons. The molecule has 0 amide bonds. The second-order valence-corrected chi connectivity index (χ2v) is 6.23. The van der Waals surface area contributed by atoms with Gasteiger partial charge in [0.15, 0.2) is 5.96 Å². The Bertz CT molecular complexity index is 727. The zero-order valence-corrected chi connectivity index (χ0v) is 16.4. The number of rotatable bonds is 9. The number of imidazole rings is 1. The lowest BCUT2D eigenvalue weighted by molar-refractivity contribution is -0.140. The molecule has 0 aliphatic heterocycles. The van der Waals surface area contributed by atoms with Crippen molar-refractivity contribution in [2.75, 3.05) is 27.2 Å². The predicted octanol–water partition coefficient (Wildman–Crippen LogP) is 2.82. The van der Waals surface area contributed by atoms with Crippen LogP contribution in [0.3, 0.4) is 0 Å². The van der Waals surface area contributed by atoms with Crippen LogP contribution >= 0.6 is 0 Å². The summed E-state index contributed by atoms with van der Waals surface area (Å²) in [5.74, 6) is 1.54. The summed E-state index contributed by atoms with van der Waals surface area (Å²) in [6.45, 7) is 4.12. The fourth-order valence-corrected chi connectivity index (χ4v) is 2.64. The molecule has 0 bridgehead atoms. The highest BCUT2D eigenvalue weighted by atomic mass is 16.5. The van der Waals surface area contributed by atoms with Gasteiger partial charge in [0.2, 0.25) is 0 Å². The Morgan fingerprint density at radius 1 is 1.30 bits per heavy atom. The highest BCUT2D eigenvalue weighted by Gasteiger charge is 2.10. The number of H-pyrrole nitrogens is 1. The van der Waals surface area contributed by atoms with E-state index in [1.165, 1.54) is 7.11 Å². The summed E-state index contributed by atoms with van der Waals surface area (Å²) in [7, 11) is 3.40. The zero-order valence-electron chi connectivity index (χ0n) is 16.4. The minimum atomic E-state index is -0.171. The molecule has 0 saturated carbocycles. The van der Waals surface area contributed by atoms with Crippen molar-refractivity contribution >= 4 is 11.9 Å². The number of ether oxygens (including phenoxy) is 1. The van der Waals surface area contributed by atoms with Gasteiger partial charge in [0.1, 0.15) is 5.82 Å². The van der Waals surface area contributed by atoms with Crippen LogP contribution in [0.2, 0.25) is 0 Å². The lowest BCUT2D eigenvalue weighted by atomic mass is 10.2. The van der Waals surface area contributed by atoms with Gasteiger partial charge in [0.25, 0.3) is 0 Å². The van der Waals surface area contributed by atoms with Gasteiger partial charge in [-0.15, -0.1) is 0 Å². The van der Waals surface area contributed by atoms with E-state index in [-0.39, 0.29) is 5.97 Å². The van der Waals surface area contributed by atoms with Crippen molar-refractivity contribution in [2.24, 2.45) is 4.99 Å². The fourth-order valence-electron chi connectivity index (χ4n) is 2.64. The smallest absolute Gasteiger partial charge is 0.305 e. The largest absolute Gasteiger partial charge is 0.469 e. The third-order valence-corrected chi connectivity index (χ3v) is 4.07. The number of esters is 1. The molecule has 27 heavy (non-hydrogen) atoms. The third kappa shape index (κ3) is 6.77. The van der Waals surface area contributed by atoms with Crippen LogP contribution < -0.4 is 5.32 Å². The summed E-state index contributed by atoms with van der Waals surface area (Å²) >= 11 is 0. The zero-order chi connectivity index (χ0) is 19.5. The molecule has 1 heterocycles. The van der Waals surface area contributed by atoms with Gasteiger partial charge < -0.3 is 19.9 Å². The van der Waals surface area contributed by atoms with Gasteiger partial charge in [-0.3, -0.25) is 9.79 Å². The molecule has 1 aromatic heterocycles. The average molecular weight is 371 g/mol. The number of hydrogen-bond donors (Lipinski definition) is 2. The van der Waals surface area contributed by atoms with Crippen molar-refractivity contribution in [1.82, 2.24) is 20.2 Å². The second-order valence-electron chi connectivity index (χ2n) is 6.23. The minimum Gasteiger partial charge on any atom is -0.469 e. The van der Waals surface area contributed by atoms with Crippen LogP contribution in [0.25, 0.3) is 11.3 Å². The first kappa shape index (κ1) is 20.5. The maximum Gasteiger partial charge on any atom is 0.305 e. The van der Waals surface area contributed by atoms with E-state index in [1.807, 2.05) is 43.3 Å². The van der Waals surface area contributed by atoms with E-state index in [4.69, 9.17) is 0 Å². The number of carbonyl (C=O) groups is 1. The molecule has 2 N–H and O–H groups in total. The molecular formula is C20H29N5O2. The molecule has 146 valence electrons. The topological polar surface area (TPSA) is 82.6 Å². The number of nitrogens with one attached hydrogen (secondary N) is 2. The summed E-state index contributed by atoms with van der Waals surface area (Å²) in [6.07, 6.45) is 3.91.